The first-order chi connectivity index (χ1) is 9.97. The minimum atomic E-state index is -0.602. The Bertz CT molecular complexity index is 685. The molecule has 1 N–H and O–H groups in total. The van der Waals surface area contributed by atoms with Gasteiger partial charge in [-0.25, -0.2) is 9.18 Å². The zero-order valence-corrected chi connectivity index (χ0v) is 11.9. The number of nitrogens with one attached hydrogen (secondary N) is 1. The number of rotatable bonds is 4. The normalized spacial score (nSPS) is 10.2. The van der Waals surface area contributed by atoms with Crippen LogP contribution in [0.1, 0.15) is 10.5 Å². The molecule has 1 aromatic heterocycles. The molecule has 0 unspecified atom stereocenters. The van der Waals surface area contributed by atoms with Crippen molar-refractivity contribution in [1.82, 2.24) is 4.57 Å². The van der Waals surface area contributed by atoms with Crippen molar-refractivity contribution in [2.75, 3.05) is 11.9 Å². The van der Waals surface area contributed by atoms with E-state index in [0.717, 1.165) is 6.07 Å². The number of hydrogen-bond acceptors (Lipinski definition) is 3. The topological polar surface area (TPSA) is 60.3 Å². The molecule has 0 saturated carbocycles. The minimum absolute atomic E-state index is 0.103. The summed E-state index contributed by atoms with van der Waals surface area (Å²) in [6.45, 7) is -0.445. The first-order valence-corrected chi connectivity index (χ1v) is 6.38. The van der Waals surface area contributed by atoms with Crippen molar-refractivity contribution < 1.29 is 18.7 Å². The SMILES string of the molecule is Cn1cccc1C(=O)OCC(=O)Nc1ccc(F)c(Cl)c1. The fourth-order valence-electron chi connectivity index (χ4n) is 1.65. The zero-order valence-electron chi connectivity index (χ0n) is 11.1. The van der Waals surface area contributed by atoms with E-state index in [4.69, 9.17) is 16.3 Å². The van der Waals surface area contributed by atoms with E-state index in [0.29, 0.717) is 11.4 Å². The van der Waals surface area contributed by atoms with Crippen LogP contribution in [0.4, 0.5) is 10.1 Å². The van der Waals surface area contributed by atoms with E-state index in [2.05, 4.69) is 5.32 Å². The highest BCUT2D eigenvalue weighted by Gasteiger charge is 2.13. The molecule has 0 saturated heterocycles. The van der Waals surface area contributed by atoms with Crippen molar-refractivity contribution in [3.05, 3.63) is 53.1 Å². The van der Waals surface area contributed by atoms with Crippen LogP contribution in [-0.2, 0) is 16.6 Å². The first kappa shape index (κ1) is 15.1. The van der Waals surface area contributed by atoms with Crippen LogP contribution in [0.15, 0.2) is 36.5 Å². The van der Waals surface area contributed by atoms with Gasteiger partial charge in [0.2, 0.25) is 0 Å². The standard InChI is InChI=1S/C14H12ClFN2O3/c1-18-6-2-3-12(18)14(20)21-8-13(19)17-9-4-5-11(16)10(15)7-9/h2-7H,8H2,1H3,(H,17,19). The van der Waals surface area contributed by atoms with Crippen molar-refractivity contribution in [3.63, 3.8) is 0 Å². The highest BCUT2D eigenvalue weighted by Crippen LogP contribution is 2.19. The number of esters is 1. The van der Waals surface area contributed by atoms with Gasteiger partial charge in [0, 0.05) is 18.9 Å². The Morgan fingerprint density at radius 1 is 1.38 bits per heavy atom. The smallest absolute Gasteiger partial charge is 0.355 e. The van der Waals surface area contributed by atoms with Gasteiger partial charge in [-0.15, -0.1) is 0 Å². The van der Waals surface area contributed by atoms with Gasteiger partial charge < -0.3 is 14.6 Å². The van der Waals surface area contributed by atoms with E-state index >= 15 is 0 Å². The number of hydrogen-bond donors (Lipinski definition) is 1. The summed E-state index contributed by atoms with van der Waals surface area (Å²) < 4.78 is 19.4. The van der Waals surface area contributed by atoms with Crippen molar-refractivity contribution in [2.45, 2.75) is 0 Å². The molecule has 7 heteroatoms. The summed E-state index contributed by atoms with van der Waals surface area (Å²) in [7, 11) is 1.69. The molecule has 1 heterocycles. The molecule has 0 atom stereocenters. The largest absolute Gasteiger partial charge is 0.451 e. The van der Waals surface area contributed by atoms with Gasteiger partial charge in [0.05, 0.1) is 5.02 Å². The first-order valence-electron chi connectivity index (χ1n) is 6.00. The average Bonchev–Trinajstić information content (AvgIpc) is 2.86. The van der Waals surface area contributed by atoms with Crippen molar-refractivity contribution in [1.29, 1.82) is 0 Å². The number of halogens is 2. The summed E-state index contributed by atoms with van der Waals surface area (Å²) >= 11 is 5.60. The van der Waals surface area contributed by atoms with Crippen molar-refractivity contribution in [3.8, 4) is 0 Å². The van der Waals surface area contributed by atoms with Crippen LogP contribution in [0, 0.1) is 5.82 Å². The molecule has 0 fully saturated rings. The number of anilines is 1. The number of aromatic nitrogens is 1. The number of nitrogens with zero attached hydrogens (tertiary/aromatic N) is 1. The quantitative estimate of drug-likeness (QED) is 0.883. The average molecular weight is 311 g/mol. The zero-order chi connectivity index (χ0) is 15.4. The molecular formula is C14H12ClFN2O3. The molecule has 0 radical (unpaired) electrons. The molecular weight excluding hydrogens is 299 g/mol. The van der Waals surface area contributed by atoms with Crippen LogP contribution in [0.3, 0.4) is 0 Å². The third-order valence-electron chi connectivity index (χ3n) is 2.69. The monoisotopic (exact) mass is 310 g/mol. The summed E-state index contributed by atoms with van der Waals surface area (Å²) in [5.74, 6) is -1.72. The molecule has 0 bridgehead atoms. The number of aryl methyl sites for hydroxylation is 1. The fourth-order valence-corrected chi connectivity index (χ4v) is 1.83. The Kier molecular flexibility index (Phi) is 4.59. The summed E-state index contributed by atoms with van der Waals surface area (Å²) in [6, 6.07) is 7.04. The molecule has 2 aromatic rings. The fraction of sp³-hybridized carbons (Fsp3) is 0.143. The van der Waals surface area contributed by atoms with E-state index < -0.39 is 24.3 Å². The molecule has 5 nitrogen and oxygen atoms in total. The number of carbonyl (C=O) groups excluding carboxylic acids is 2. The maximum absolute atomic E-state index is 13.0. The number of ether oxygens (including phenoxy) is 1. The van der Waals surface area contributed by atoms with Gasteiger partial charge in [0.1, 0.15) is 11.5 Å². The Hall–Kier alpha value is -2.34. The lowest BCUT2D eigenvalue weighted by atomic mass is 10.3. The van der Waals surface area contributed by atoms with E-state index in [1.165, 1.54) is 12.1 Å². The lowest BCUT2D eigenvalue weighted by Crippen LogP contribution is -2.21. The molecule has 0 aliphatic carbocycles. The molecule has 110 valence electrons. The minimum Gasteiger partial charge on any atom is -0.451 e. The summed E-state index contributed by atoms with van der Waals surface area (Å²) in [4.78, 5) is 23.3. The third kappa shape index (κ3) is 3.82. The molecule has 2 rings (SSSR count). The van der Waals surface area contributed by atoms with E-state index in [-0.39, 0.29) is 5.02 Å². The lowest BCUT2D eigenvalue weighted by molar-refractivity contribution is -0.119. The van der Waals surface area contributed by atoms with Crippen LogP contribution >= 0.6 is 11.6 Å². The van der Waals surface area contributed by atoms with Crippen LogP contribution in [0.25, 0.3) is 0 Å². The predicted molar refractivity (Wildman–Crippen MR) is 75.7 cm³/mol. The van der Waals surface area contributed by atoms with Crippen LogP contribution < -0.4 is 5.32 Å². The predicted octanol–water partition coefficient (Wildman–Crippen LogP) is 2.61. The van der Waals surface area contributed by atoms with E-state index in [1.807, 2.05) is 0 Å². The van der Waals surface area contributed by atoms with Gasteiger partial charge in [-0.1, -0.05) is 11.6 Å². The molecule has 1 aromatic carbocycles. The second kappa shape index (κ2) is 6.41. The third-order valence-corrected chi connectivity index (χ3v) is 2.98. The highest BCUT2D eigenvalue weighted by atomic mass is 35.5. The maximum atomic E-state index is 13.0. The van der Waals surface area contributed by atoms with Crippen molar-refractivity contribution in [2.24, 2.45) is 7.05 Å². The number of carbonyl (C=O) groups is 2. The molecule has 0 aliphatic heterocycles. The van der Waals surface area contributed by atoms with Crippen LogP contribution in [0.2, 0.25) is 5.02 Å². The van der Waals surface area contributed by atoms with Gasteiger partial charge in [0.15, 0.2) is 6.61 Å². The Balaban J connectivity index is 1.89. The lowest BCUT2D eigenvalue weighted by Gasteiger charge is -2.07. The van der Waals surface area contributed by atoms with Crippen LogP contribution in [-0.4, -0.2) is 23.1 Å². The summed E-state index contributed by atoms with van der Waals surface area (Å²) in [6.07, 6.45) is 1.69. The van der Waals surface area contributed by atoms with Crippen LogP contribution in [0.5, 0.6) is 0 Å². The maximum Gasteiger partial charge on any atom is 0.355 e. The second-order valence-electron chi connectivity index (χ2n) is 4.26. The highest BCUT2D eigenvalue weighted by molar-refractivity contribution is 6.31. The Labute approximate surface area is 125 Å². The van der Waals surface area contributed by atoms with Gasteiger partial charge in [0.25, 0.3) is 5.91 Å². The van der Waals surface area contributed by atoms with Crippen molar-refractivity contribution >= 4 is 29.2 Å². The number of benzene rings is 1. The van der Waals surface area contributed by atoms with Gasteiger partial charge >= 0.3 is 5.97 Å². The Morgan fingerprint density at radius 3 is 2.76 bits per heavy atom. The van der Waals surface area contributed by atoms with Gasteiger partial charge in [-0.3, -0.25) is 4.79 Å². The number of amides is 1. The molecule has 21 heavy (non-hydrogen) atoms. The molecule has 0 spiro atoms. The second-order valence-corrected chi connectivity index (χ2v) is 4.66. The molecule has 1 amide bonds. The summed E-state index contributed by atoms with van der Waals surface area (Å²) in [5.41, 5.74) is 0.661. The van der Waals surface area contributed by atoms with E-state index in [1.54, 1.807) is 29.9 Å². The van der Waals surface area contributed by atoms with Gasteiger partial charge in [-0.2, -0.15) is 0 Å². The van der Waals surface area contributed by atoms with Gasteiger partial charge in [-0.05, 0) is 30.3 Å². The van der Waals surface area contributed by atoms with E-state index in [9.17, 15) is 14.0 Å². The Morgan fingerprint density at radius 2 is 2.14 bits per heavy atom. The molecule has 0 aliphatic rings. The summed E-state index contributed by atoms with van der Waals surface area (Å²) in [5, 5.41) is 2.35.